The summed E-state index contributed by atoms with van der Waals surface area (Å²) in [5, 5.41) is 6.16. The number of pyridine rings is 2. The zero-order valence-electron chi connectivity index (χ0n) is 16.2. The van der Waals surface area contributed by atoms with Gasteiger partial charge in [-0.25, -0.2) is 15.0 Å². The number of benzene rings is 1. The number of hydrogen-bond donors (Lipinski definition) is 2. The highest BCUT2D eigenvalue weighted by Gasteiger charge is 2.31. The number of halogens is 5. The zero-order chi connectivity index (χ0) is 23.0. The van der Waals surface area contributed by atoms with Gasteiger partial charge >= 0.3 is 6.18 Å². The van der Waals surface area contributed by atoms with Gasteiger partial charge in [-0.3, -0.25) is 4.79 Å². The molecule has 0 spiro atoms. The van der Waals surface area contributed by atoms with Crippen molar-refractivity contribution in [2.45, 2.75) is 6.18 Å². The van der Waals surface area contributed by atoms with E-state index in [1.165, 1.54) is 12.3 Å². The van der Waals surface area contributed by atoms with Gasteiger partial charge in [-0.05, 0) is 30.3 Å². The van der Waals surface area contributed by atoms with Gasteiger partial charge in [-0.1, -0.05) is 29.3 Å². The maximum Gasteiger partial charge on any atom is 0.416 e. The van der Waals surface area contributed by atoms with E-state index in [1.807, 2.05) is 0 Å². The van der Waals surface area contributed by atoms with E-state index in [0.29, 0.717) is 32.7 Å². The lowest BCUT2D eigenvalue weighted by molar-refractivity contribution is -0.137. The molecule has 0 aliphatic heterocycles. The van der Waals surface area contributed by atoms with Gasteiger partial charge in [0.05, 0.1) is 38.5 Å². The van der Waals surface area contributed by atoms with Crippen molar-refractivity contribution in [3.05, 3.63) is 70.1 Å². The molecule has 0 aliphatic carbocycles. The number of carbonyl (C=O) groups excluding carboxylic acids is 1. The number of alkyl halides is 3. The summed E-state index contributed by atoms with van der Waals surface area (Å²) in [5.41, 5.74) is 0.526. The van der Waals surface area contributed by atoms with Crippen molar-refractivity contribution >= 4 is 57.6 Å². The van der Waals surface area contributed by atoms with Gasteiger partial charge in [0.1, 0.15) is 11.5 Å². The molecule has 1 amide bonds. The van der Waals surface area contributed by atoms with Crippen molar-refractivity contribution in [2.24, 2.45) is 7.05 Å². The molecule has 0 bridgehead atoms. The second-order valence-electron chi connectivity index (χ2n) is 6.66. The number of amides is 1. The van der Waals surface area contributed by atoms with Crippen molar-refractivity contribution in [2.75, 3.05) is 10.6 Å². The first-order valence-electron chi connectivity index (χ1n) is 9.01. The molecule has 0 saturated heterocycles. The lowest BCUT2D eigenvalue weighted by atomic mass is 10.2. The van der Waals surface area contributed by atoms with Gasteiger partial charge in [0.25, 0.3) is 5.91 Å². The number of nitrogens with zero attached hydrogens (tertiary/aromatic N) is 4. The number of aromatic nitrogens is 4. The van der Waals surface area contributed by atoms with Crippen LogP contribution in [0.5, 0.6) is 0 Å². The fourth-order valence-corrected chi connectivity index (χ4v) is 3.40. The first kappa shape index (κ1) is 21.8. The molecular weight excluding hydrogens is 468 g/mol. The number of hydrogen-bond acceptors (Lipinski definition) is 5. The van der Waals surface area contributed by atoms with E-state index in [0.717, 1.165) is 18.3 Å². The van der Waals surface area contributed by atoms with Crippen LogP contribution in [0.3, 0.4) is 0 Å². The summed E-state index contributed by atoms with van der Waals surface area (Å²) in [6, 6.07) is 8.02. The molecule has 3 heterocycles. The van der Waals surface area contributed by atoms with Gasteiger partial charge in [-0.15, -0.1) is 0 Å². The van der Waals surface area contributed by atoms with Crippen LogP contribution in [0.4, 0.5) is 30.6 Å². The number of nitrogens with one attached hydrogen (secondary N) is 2. The predicted molar refractivity (Wildman–Crippen MR) is 115 cm³/mol. The second kappa shape index (κ2) is 8.29. The molecule has 4 aromatic rings. The van der Waals surface area contributed by atoms with Gasteiger partial charge in [-0.2, -0.15) is 13.2 Å². The Morgan fingerprint density at radius 2 is 1.81 bits per heavy atom. The van der Waals surface area contributed by atoms with Gasteiger partial charge in [0.2, 0.25) is 5.95 Å². The van der Waals surface area contributed by atoms with E-state index < -0.39 is 17.6 Å². The topological polar surface area (TPSA) is 84.7 Å². The molecule has 12 heteroatoms. The highest BCUT2D eigenvalue weighted by atomic mass is 35.5. The van der Waals surface area contributed by atoms with Crippen LogP contribution in [0.15, 0.2) is 48.8 Å². The molecule has 3 aromatic heterocycles. The molecule has 0 radical (unpaired) electrons. The number of anilines is 3. The summed E-state index contributed by atoms with van der Waals surface area (Å²) >= 11 is 12.4. The van der Waals surface area contributed by atoms with Crippen LogP contribution in [0, 0.1) is 0 Å². The number of aryl methyl sites for hydroxylation is 1. The summed E-state index contributed by atoms with van der Waals surface area (Å²) in [7, 11) is 1.73. The van der Waals surface area contributed by atoms with Crippen LogP contribution in [0.25, 0.3) is 11.0 Å². The predicted octanol–water partition coefficient (Wildman–Crippen LogP) is 5.68. The molecule has 0 saturated carbocycles. The van der Waals surface area contributed by atoms with E-state index in [2.05, 4.69) is 25.6 Å². The highest BCUT2D eigenvalue weighted by molar-refractivity contribution is 6.39. The van der Waals surface area contributed by atoms with Crippen LogP contribution in [-0.2, 0) is 13.2 Å². The van der Waals surface area contributed by atoms with Crippen LogP contribution >= 0.6 is 23.2 Å². The Labute approximate surface area is 189 Å². The summed E-state index contributed by atoms with van der Waals surface area (Å²) < 4.78 is 40.3. The lowest BCUT2D eigenvalue weighted by Gasteiger charge is -2.09. The van der Waals surface area contributed by atoms with E-state index in [1.54, 1.807) is 29.8 Å². The Hall–Kier alpha value is -3.37. The minimum atomic E-state index is -4.55. The largest absolute Gasteiger partial charge is 0.416 e. The third kappa shape index (κ3) is 4.32. The summed E-state index contributed by atoms with van der Waals surface area (Å²) in [5.74, 6) is -0.578. The number of carbonyl (C=O) groups is 1. The molecule has 1 aromatic carbocycles. The number of fused-ring (bicyclic) bond motifs is 1. The smallest absolute Gasteiger partial charge is 0.323 e. The van der Waals surface area contributed by atoms with Crippen molar-refractivity contribution in [3.63, 3.8) is 0 Å². The quantitative estimate of drug-likeness (QED) is 0.392. The van der Waals surface area contributed by atoms with Gasteiger partial charge < -0.3 is 15.2 Å². The lowest BCUT2D eigenvalue weighted by Crippen LogP contribution is -2.15. The third-order valence-corrected chi connectivity index (χ3v) is 5.16. The SMILES string of the molecule is Cn1c(Nc2c(Cl)cccc2Cl)nc2cc(C(=O)Nc3cc(C(F)(F)F)ccn3)ncc21. The Bertz CT molecular complexity index is 1320. The van der Waals surface area contributed by atoms with E-state index in [4.69, 9.17) is 23.2 Å². The monoisotopic (exact) mass is 480 g/mol. The maximum absolute atomic E-state index is 12.9. The van der Waals surface area contributed by atoms with Crippen molar-refractivity contribution in [1.82, 2.24) is 19.5 Å². The molecule has 164 valence electrons. The van der Waals surface area contributed by atoms with Crippen LogP contribution in [0.1, 0.15) is 16.1 Å². The Morgan fingerprint density at radius 3 is 2.50 bits per heavy atom. The molecule has 0 aliphatic rings. The average molecular weight is 481 g/mol. The van der Waals surface area contributed by atoms with Gasteiger partial charge in [0, 0.05) is 13.2 Å². The second-order valence-corrected chi connectivity index (χ2v) is 7.47. The van der Waals surface area contributed by atoms with Crippen LogP contribution in [-0.4, -0.2) is 25.4 Å². The number of para-hydroxylation sites is 1. The first-order valence-corrected chi connectivity index (χ1v) is 9.77. The highest BCUT2D eigenvalue weighted by Crippen LogP contribution is 2.33. The van der Waals surface area contributed by atoms with Crippen LogP contribution in [0.2, 0.25) is 10.0 Å². The minimum Gasteiger partial charge on any atom is -0.323 e. The summed E-state index contributed by atoms with van der Waals surface area (Å²) in [6.45, 7) is 0. The van der Waals surface area contributed by atoms with Crippen molar-refractivity contribution in [3.8, 4) is 0 Å². The normalized spacial score (nSPS) is 11.6. The Morgan fingerprint density at radius 1 is 1.09 bits per heavy atom. The number of rotatable bonds is 4. The molecule has 0 fully saturated rings. The maximum atomic E-state index is 12.9. The first-order chi connectivity index (χ1) is 15.1. The standard InChI is InChI=1S/C20H13Cl2F3N6O/c1-31-15-9-27-14(18(32)29-16-7-10(5-6-26-16)20(23,24)25)8-13(15)28-19(31)30-17-11(21)3-2-4-12(17)22/h2-9H,1H3,(H,28,30)(H,26,29,32). The van der Waals surface area contributed by atoms with E-state index >= 15 is 0 Å². The van der Waals surface area contributed by atoms with Crippen molar-refractivity contribution in [1.29, 1.82) is 0 Å². The van der Waals surface area contributed by atoms with Crippen molar-refractivity contribution < 1.29 is 18.0 Å². The molecule has 32 heavy (non-hydrogen) atoms. The Balaban J connectivity index is 1.61. The minimum absolute atomic E-state index is 0.0443. The molecular formula is C20H13Cl2F3N6O. The van der Waals surface area contributed by atoms with Crippen LogP contribution < -0.4 is 10.6 Å². The molecule has 4 rings (SSSR count). The van der Waals surface area contributed by atoms with E-state index in [-0.39, 0.29) is 11.5 Å². The van der Waals surface area contributed by atoms with Gasteiger partial charge in [0.15, 0.2) is 0 Å². The fourth-order valence-electron chi connectivity index (χ4n) is 2.91. The van der Waals surface area contributed by atoms with E-state index in [9.17, 15) is 18.0 Å². The Kier molecular flexibility index (Phi) is 5.66. The number of imidazole rings is 1. The molecule has 2 N–H and O–H groups in total. The zero-order valence-corrected chi connectivity index (χ0v) is 17.7. The average Bonchev–Trinajstić information content (AvgIpc) is 3.05. The summed E-state index contributed by atoms with van der Waals surface area (Å²) in [4.78, 5) is 24.8. The summed E-state index contributed by atoms with van der Waals surface area (Å²) in [6.07, 6.45) is -2.16. The molecule has 0 atom stereocenters. The third-order valence-electron chi connectivity index (χ3n) is 4.53. The molecule has 0 unspecified atom stereocenters. The fraction of sp³-hybridized carbons (Fsp3) is 0.100. The molecule has 7 nitrogen and oxygen atoms in total.